The first-order chi connectivity index (χ1) is 11.5. The Balaban J connectivity index is 1.57. The predicted octanol–water partition coefficient (Wildman–Crippen LogP) is 2.95. The summed E-state index contributed by atoms with van der Waals surface area (Å²) >= 11 is 0. The normalized spacial score (nSPS) is 10.8. The number of imidazole rings is 1. The van der Waals surface area contributed by atoms with Gasteiger partial charge in [0.1, 0.15) is 11.4 Å². The highest BCUT2D eigenvalue weighted by molar-refractivity contribution is 5.77. The van der Waals surface area contributed by atoms with E-state index in [4.69, 9.17) is 4.74 Å². The summed E-state index contributed by atoms with van der Waals surface area (Å²) in [6, 6.07) is 11.9. The molecule has 0 unspecified atom stereocenters. The van der Waals surface area contributed by atoms with Crippen LogP contribution in [0.15, 0.2) is 42.6 Å². The number of amides is 1. The zero-order valence-electron chi connectivity index (χ0n) is 14.2. The monoisotopic (exact) mass is 323 g/mol. The first-order valence-corrected chi connectivity index (χ1v) is 7.93. The van der Waals surface area contributed by atoms with E-state index >= 15 is 0 Å². The SMILES string of the molecule is Cc1ccc(C)c(OCC(=O)NCc2cn3c(C)cccc3n2)c1. The number of hydrogen-bond donors (Lipinski definition) is 1. The fourth-order valence-electron chi connectivity index (χ4n) is 2.53. The van der Waals surface area contributed by atoms with Crippen molar-refractivity contribution in [1.82, 2.24) is 14.7 Å². The number of nitrogens with zero attached hydrogens (tertiary/aromatic N) is 2. The molecule has 24 heavy (non-hydrogen) atoms. The maximum absolute atomic E-state index is 12.0. The van der Waals surface area contributed by atoms with Gasteiger partial charge in [0, 0.05) is 11.9 Å². The minimum absolute atomic E-state index is 0.00328. The van der Waals surface area contributed by atoms with Crippen LogP contribution in [0, 0.1) is 20.8 Å². The summed E-state index contributed by atoms with van der Waals surface area (Å²) in [5, 5.41) is 2.84. The quantitative estimate of drug-likeness (QED) is 0.785. The number of benzene rings is 1. The van der Waals surface area contributed by atoms with Gasteiger partial charge in [-0.1, -0.05) is 18.2 Å². The number of hydrogen-bond acceptors (Lipinski definition) is 3. The molecule has 124 valence electrons. The molecule has 1 aromatic carbocycles. The highest BCUT2D eigenvalue weighted by Gasteiger charge is 2.07. The second-order valence-electron chi connectivity index (χ2n) is 5.96. The van der Waals surface area contributed by atoms with Crippen molar-refractivity contribution in [3.63, 3.8) is 0 Å². The van der Waals surface area contributed by atoms with E-state index in [2.05, 4.69) is 10.3 Å². The summed E-state index contributed by atoms with van der Waals surface area (Å²) in [5.41, 5.74) is 4.94. The van der Waals surface area contributed by atoms with Crippen molar-refractivity contribution in [2.75, 3.05) is 6.61 Å². The van der Waals surface area contributed by atoms with Gasteiger partial charge in [0.25, 0.3) is 5.91 Å². The molecule has 0 aliphatic heterocycles. The van der Waals surface area contributed by atoms with Gasteiger partial charge in [-0.05, 0) is 50.1 Å². The molecular weight excluding hydrogens is 302 g/mol. The van der Waals surface area contributed by atoms with Crippen molar-refractivity contribution in [3.05, 3.63) is 65.1 Å². The van der Waals surface area contributed by atoms with Crippen LogP contribution in [0.1, 0.15) is 22.5 Å². The summed E-state index contributed by atoms with van der Waals surface area (Å²) in [4.78, 5) is 16.5. The molecule has 2 aromatic heterocycles. The number of aromatic nitrogens is 2. The molecule has 0 aliphatic carbocycles. The molecule has 2 heterocycles. The third-order valence-electron chi connectivity index (χ3n) is 3.91. The zero-order valence-corrected chi connectivity index (χ0v) is 14.2. The van der Waals surface area contributed by atoms with Gasteiger partial charge in [-0.2, -0.15) is 0 Å². The molecule has 0 atom stereocenters. The van der Waals surface area contributed by atoms with Crippen LogP contribution in [0.2, 0.25) is 0 Å². The molecule has 3 rings (SSSR count). The van der Waals surface area contributed by atoms with Crippen molar-refractivity contribution in [2.45, 2.75) is 27.3 Å². The zero-order chi connectivity index (χ0) is 17.1. The van der Waals surface area contributed by atoms with Crippen LogP contribution in [0.25, 0.3) is 5.65 Å². The molecule has 0 radical (unpaired) electrons. The lowest BCUT2D eigenvalue weighted by molar-refractivity contribution is -0.123. The van der Waals surface area contributed by atoms with Gasteiger partial charge >= 0.3 is 0 Å². The lowest BCUT2D eigenvalue weighted by Crippen LogP contribution is -2.28. The Morgan fingerprint density at radius 1 is 1.21 bits per heavy atom. The number of fused-ring (bicyclic) bond motifs is 1. The van der Waals surface area contributed by atoms with E-state index in [-0.39, 0.29) is 12.5 Å². The largest absolute Gasteiger partial charge is 0.483 e. The number of carbonyl (C=O) groups is 1. The maximum Gasteiger partial charge on any atom is 0.258 e. The maximum atomic E-state index is 12.0. The van der Waals surface area contributed by atoms with E-state index in [0.717, 1.165) is 33.9 Å². The van der Waals surface area contributed by atoms with Gasteiger partial charge in [-0.25, -0.2) is 4.98 Å². The van der Waals surface area contributed by atoms with Crippen LogP contribution in [-0.4, -0.2) is 21.9 Å². The molecule has 0 fully saturated rings. The predicted molar refractivity (Wildman–Crippen MR) is 93.2 cm³/mol. The second-order valence-corrected chi connectivity index (χ2v) is 5.96. The van der Waals surface area contributed by atoms with Crippen molar-refractivity contribution >= 4 is 11.6 Å². The topological polar surface area (TPSA) is 55.6 Å². The summed E-state index contributed by atoms with van der Waals surface area (Å²) in [5.74, 6) is 0.582. The van der Waals surface area contributed by atoms with Gasteiger partial charge in [0.2, 0.25) is 0 Å². The molecule has 5 heteroatoms. The lowest BCUT2D eigenvalue weighted by Gasteiger charge is -2.09. The minimum atomic E-state index is -0.162. The third-order valence-corrected chi connectivity index (χ3v) is 3.91. The van der Waals surface area contributed by atoms with Gasteiger partial charge in [0.15, 0.2) is 6.61 Å². The second kappa shape index (κ2) is 6.74. The van der Waals surface area contributed by atoms with Gasteiger partial charge in [-0.3, -0.25) is 4.79 Å². The fourth-order valence-corrected chi connectivity index (χ4v) is 2.53. The van der Waals surface area contributed by atoms with E-state index in [1.165, 1.54) is 0 Å². The molecule has 3 aromatic rings. The Bertz CT molecular complexity index is 883. The molecule has 5 nitrogen and oxygen atoms in total. The van der Waals surface area contributed by atoms with E-state index < -0.39 is 0 Å². The average molecular weight is 323 g/mol. The smallest absolute Gasteiger partial charge is 0.258 e. The van der Waals surface area contributed by atoms with E-state index in [1.54, 1.807) is 0 Å². The van der Waals surface area contributed by atoms with Crippen molar-refractivity contribution < 1.29 is 9.53 Å². The summed E-state index contributed by atoms with van der Waals surface area (Å²) < 4.78 is 7.62. The Morgan fingerprint density at radius 3 is 2.83 bits per heavy atom. The number of ether oxygens (including phenoxy) is 1. The highest BCUT2D eigenvalue weighted by Crippen LogP contribution is 2.18. The first-order valence-electron chi connectivity index (χ1n) is 7.93. The number of pyridine rings is 1. The van der Waals surface area contributed by atoms with E-state index in [9.17, 15) is 4.79 Å². The molecule has 0 bridgehead atoms. The standard InChI is InChI=1S/C19H21N3O2/c1-13-7-8-14(2)17(9-13)24-12-19(23)20-10-16-11-22-15(3)5-4-6-18(22)21-16/h4-9,11H,10,12H2,1-3H3,(H,20,23). The van der Waals surface area contributed by atoms with Crippen LogP contribution >= 0.6 is 0 Å². The summed E-state index contributed by atoms with van der Waals surface area (Å²) in [6.45, 7) is 6.37. The van der Waals surface area contributed by atoms with Crippen LogP contribution in [-0.2, 0) is 11.3 Å². The molecule has 0 spiro atoms. The number of aryl methyl sites for hydroxylation is 3. The molecule has 1 amide bonds. The van der Waals surface area contributed by atoms with E-state index in [1.807, 2.05) is 67.8 Å². The van der Waals surface area contributed by atoms with Gasteiger partial charge in [0.05, 0.1) is 12.2 Å². The van der Waals surface area contributed by atoms with Gasteiger partial charge < -0.3 is 14.5 Å². The lowest BCUT2D eigenvalue weighted by atomic mass is 10.1. The highest BCUT2D eigenvalue weighted by atomic mass is 16.5. The fraction of sp³-hybridized carbons (Fsp3) is 0.263. The number of carbonyl (C=O) groups excluding carboxylic acids is 1. The summed E-state index contributed by atoms with van der Waals surface area (Å²) in [6.07, 6.45) is 1.94. The van der Waals surface area contributed by atoms with Crippen molar-refractivity contribution in [2.24, 2.45) is 0 Å². The van der Waals surface area contributed by atoms with Gasteiger partial charge in [-0.15, -0.1) is 0 Å². The number of nitrogens with one attached hydrogen (secondary N) is 1. The van der Waals surface area contributed by atoms with E-state index in [0.29, 0.717) is 6.54 Å². The minimum Gasteiger partial charge on any atom is -0.483 e. The Labute approximate surface area is 141 Å². The van der Waals surface area contributed by atoms with Crippen LogP contribution < -0.4 is 10.1 Å². The third kappa shape index (κ3) is 3.56. The van der Waals surface area contributed by atoms with Crippen molar-refractivity contribution in [1.29, 1.82) is 0 Å². The Morgan fingerprint density at radius 2 is 2.04 bits per heavy atom. The molecule has 0 aliphatic rings. The Hall–Kier alpha value is -2.82. The molecule has 0 saturated carbocycles. The number of rotatable bonds is 5. The molecular formula is C19H21N3O2. The molecule has 0 saturated heterocycles. The first kappa shape index (κ1) is 16.1. The van der Waals surface area contributed by atoms with Crippen LogP contribution in [0.4, 0.5) is 0 Å². The average Bonchev–Trinajstić information content (AvgIpc) is 2.98. The Kier molecular flexibility index (Phi) is 4.51. The summed E-state index contributed by atoms with van der Waals surface area (Å²) in [7, 11) is 0. The van der Waals surface area contributed by atoms with Crippen LogP contribution in [0.5, 0.6) is 5.75 Å². The van der Waals surface area contributed by atoms with Crippen LogP contribution in [0.3, 0.4) is 0 Å². The van der Waals surface area contributed by atoms with Crippen molar-refractivity contribution in [3.8, 4) is 5.75 Å². The molecule has 1 N–H and O–H groups in total.